The summed E-state index contributed by atoms with van der Waals surface area (Å²) in [6.45, 7) is 3.06. The number of amides is 1. The Kier molecular flexibility index (Phi) is 3.21. The number of carbonyl (C=O) groups is 1. The molecule has 0 N–H and O–H groups in total. The molecule has 4 rings (SSSR count). The number of benzene rings is 1. The molecule has 3 unspecified atom stereocenters. The molecule has 3 nitrogen and oxygen atoms in total. The lowest BCUT2D eigenvalue weighted by Gasteiger charge is -2.33. The molecule has 1 aliphatic heterocycles. The molecular formula is C19H20N2O. The summed E-state index contributed by atoms with van der Waals surface area (Å²) in [5, 5.41) is 0. The number of aromatic nitrogens is 1. The van der Waals surface area contributed by atoms with Crippen LogP contribution in [0.25, 0.3) is 0 Å². The number of hydrogen-bond donors (Lipinski definition) is 0. The number of carbonyl (C=O) groups excluding carboxylic acids is 1. The van der Waals surface area contributed by atoms with Crippen molar-refractivity contribution >= 4 is 11.6 Å². The van der Waals surface area contributed by atoms with Gasteiger partial charge >= 0.3 is 0 Å². The van der Waals surface area contributed by atoms with Crippen molar-refractivity contribution in [2.45, 2.75) is 25.7 Å². The number of para-hydroxylation sites is 1. The van der Waals surface area contributed by atoms with E-state index in [0.29, 0.717) is 11.8 Å². The van der Waals surface area contributed by atoms with Crippen LogP contribution in [0.4, 0.5) is 5.69 Å². The lowest BCUT2D eigenvalue weighted by molar-refractivity contribution is -0.120. The van der Waals surface area contributed by atoms with Crippen molar-refractivity contribution in [3.05, 3.63) is 59.9 Å². The largest absolute Gasteiger partial charge is 0.312 e. The predicted octanol–water partition coefficient (Wildman–Crippen LogP) is 3.41. The van der Waals surface area contributed by atoms with Crippen molar-refractivity contribution in [3.8, 4) is 0 Å². The van der Waals surface area contributed by atoms with E-state index >= 15 is 0 Å². The molecular weight excluding hydrogens is 272 g/mol. The third-order valence-electron chi connectivity index (χ3n) is 4.83. The lowest BCUT2D eigenvalue weighted by Crippen LogP contribution is -2.40. The van der Waals surface area contributed by atoms with Gasteiger partial charge in [0.2, 0.25) is 5.91 Å². The van der Waals surface area contributed by atoms with Gasteiger partial charge in [0.15, 0.2) is 0 Å². The second-order valence-corrected chi connectivity index (χ2v) is 6.62. The maximum absolute atomic E-state index is 13.0. The first-order chi connectivity index (χ1) is 10.7. The minimum absolute atomic E-state index is 0.127. The number of nitrogens with zero attached hydrogens (tertiary/aromatic N) is 2. The van der Waals surface area contributed by atoms with Crippen LogP contribution in [-0.4, -0.2) is 17.4 Å². The van der Waals surface area contributed by atoms with Crippen LogP contribution in [0, 0.1) is 11.8 Å². The third kappa shape index (κ3) is 2.31. The molecule has 0 bridgehead atoms. The van der Waals surface area contributed by atoms with E-state index in [1.165, 1.54) is 11.1 Å². The minimum atomic E-state index is 0.127. The Morgan fingerprint density at radius 2 is 2.09 bits per heavy atom. The highest BCUT2D eigenvalue weighted by atomic mass is 16.2. The number of fused-ring (bicyclic) bond motifs is 1. The van der Waals surface area contributed by atoms with Gasteiger partial charge in [-0.3, -0.25) is 9.78 Å². The van der Waals surface area contributed by atoms with Crippen LogP contribution in [-0.2, 0) is 11.2 Å². The zero-order valence-electron chi connectivity index (χ0n) is 12.8. The van der Waals surface area contributed by atoms with Gasteiger partial charge in [0, 0.05) is 30.5 Å². The van der Waals surface area contributed by atoms with Crippen LogP contribution < -0.4 is 4.90 Å². The van der Waals surface area contributed by atoms with Crippen molar-refractivity contribution < 1.29 is 4.79 Å². The van der Waals surface area contributed by atoms with Gasteiger partial charge in [-0.1, -0.05) is 31.2 Å². The maximum Gasteiger partial charge on any atom is 0.230 e. The molecule has 0 saturated heterocycles. The average Bonchev–Trinajstić information content (AvgIpc) is 3.35. The second-order valence-electron chi connectivity index (χ2n) is 6.62. The molecule has 112 valence electrons. The van der Waals surface area contributed by atoms with Crippen molar-refractivity contribution in [2.24, 2.45) is 11.8 Å². The van der Waals surface area contributed by atoms with Gasteiger partial charge in [0.05, 0.1) is 0 Å². The van der Waals surface area contributed by atoms with Gasteiger partial charge < -0.3 is 4.90 Å². The topological polar surface area (TPSA) is 33.2 Å². The number of anilines is 1. The maximum atomic E-state index is 13.0. The molecule has 0 radical (unpaired) electrons. The van der Waals surface area contributed by atoms with E-state index in [1.807, 2.05) is 23.2 Å². The predicted molar refractivity (Wildman–Crippen MR) is 86.7 cm³/mol. The molecule has 2 aliphatic rings. The SMILES string of the molecule is CC1Cc2ccccc2N(C(=O)C2CC2c2cccnc2)C1. The molecule has 3 atom stereocenters. The first-order valence-corrected chi connectivity index (χ1v) is 8.03. The summed E-state index contributed by atoms with van der Waals surface area (Å²) in [6, 6.07) is 12.4. The third-order valence-corrected chi connectivity index (χ3v) is 4.83. The zero-order valence-corrected chi connectivity index (χ0v) is 12.8. The fourth-order valence-electron chi connectivity index (χ4n) is 3.64. The van der Waals surface area contributed by atoms with Gasteiger partial charge in [-0.05, 0) is 47.9 Å². The zero-order chi connectivity index (χ0) is 15.1. The van der Waals surface area contributed by atoms with E-state index in [9.17, 15) is 4.79 Å². The van der Waals surface area contributed by atoms with E-state index in [-0.39, 0.29) is 11.8 Å². The molecule has 0 spiro atoms. The summed E-state index contributed by atoms with van der Waals surface area (Å²) in [4.78, 5) is 19.2. The highest BCUT2D eigenvalue weighted by Gasteiger charge is 2.47. The Bertz CT molecular complexity index is 698. The highest BCUT2D eigenvalue weighted by molar-refractivity contribution is 5.98. The highest BCUT2D eigenvalue weighted by Crippen LogP contribution is 2.49. The molecule has 2 aromatic rings. The first kappa shape index (κ1) is 13.5. The van der Waals surface area contributed by atoms with Crippen LogP contribution in [0.5, 0.6) is 0 Å². The van der Waals surface area contributed by atoms with E-state index < -0.39 is 0 Å². The molecule has 2 heterocycles. The van der Waals surface area contributed by atoms with Crippen LogP contribution in [0.2, 0.25) is 0 Å². The molecule has 1 saturated carbocycles. The van der Waals surface area contributed by atoms with E-state index in [0.717, 1.165) is 25.1 Å². The summed E-state index contributed by atoms with van der Waals surface area (Å²) in [6.07, 6.45) is 5.70. The smallest absolute Gasteiger partial charge is 0.230 e. The van der Waals surface area contributed by atoms with Gasteiger partial charge in [-0.2, -0.15) is 0 Å². The first-order valence-electron chi connectivity index (χ1n) is 8.03. The monoisotopic (exact) mass is 292 g/mol. The van der Waals surface area contributed by atoms with Crippen LogP contribution in [0.3, 0.4) is 0 Å². The summed E-state index contributed by atoms with van der Waals surface area (Å²) in [5.41, 5.74) is 3.61. The Labute approximate surface area is 131 Å². The summed E-state index contributed by atoms with van der Waals surface area (Å²) < 4.78 is 0. The summed E-state index contributed by atoms with van der Waals surface area (Å²) in [5.74, 6) is 1.29. The standard InChI is InChI=1S/C19H20N2O/c1-13-9-14-5-2-3-7-18(14)21(12-13)19(22)17-10-16(17)15-6-4-8-20-11-15/h2-8,11,13,16-17H,9-10,12H2,1H3. The Morgan fingerprint density at radius 1 is 1.23 bits per heavy atom. The van der Waals surface area contributed by atoms with Crippen LogP contribution >= 0.6 is 0 Å². The Morgan fingerprint density at radius 3 is 2.91 bits per heavy atom. The second kappa shape index (κ2) is 5.24. The van der Waals surface area contributed by atoms with E-state index in [1.54, 1.807) is 6.20 Å². The van der Waals surface area contributed by atoms with Gasteiger partial charge in [0.1, 0.15) is 0 Å². The summed E-state index contributed by atoms with van der Waals surface area (Å²) >= 11 is 0. The molecule has 3 heteroatoms. The number of pyridine rings is 1. The molecule has 1 aromatic carbocycles. The fourth-order valence-corrected chi connectivity index (χ4v) is 3.64. The van der Waals surface area contributed by atoms with Crippen molar-refractivity contribution in [2.75, 3.05) is 11.4 Å². The van der Waals surface area contributed by atoms with Gasteiger partial charge in [-0.25, -0.2) is 0 Å². The van der Waals surface area contributed by atoms with E-state index in [4.69, 9.17) is 0 Å². The van der Waals surface area contributed by atoms with Gasteiger partial charge in [0.25, 0.3) is 0 Å². The quantitative estimate of drug-likeness (QED) is 0.850. The van der Waals surface area contributed by atoms with Gasteiger partial charge in [-0.15, -0.1) is 0 Å². The van der Waals surface area contributed by atoms with Crippen molar-refractivity contribution in [1.82, 2.24) is 4.98 Å². The van der Waals surface area contributed by atoms with Crippen molar-refractivity contribution in [1.29, 1.82) is 0 Å². The van der Waals surface area contributed by atoms with Crippen molar-refractivity contribution in [3.63, 3.8) is 0 Å². The average molecular weight is 292 g/mol. The molecule has 1 fully saturated rings. The number of rotatable bonds is 2. The van der Waals surface area contributed by atoms with Crippen LogP contribution in [0.1, 0.15) is 30.4 Å². The molecule has 22 heavy (non-hydrogen) atoms. The fraction of sp³-hybridized carbons (Fsp3) is 0.368. The van der Waals surface area contributed by atoms with Crippen LogP contribution in [0.15, 0.2) is 48.8 Å². The van der Waals surface area contributed by atoms with E-state index in [2.05, 4.69) is 36.2 Å². The lowest BCUT2D eigenvalue weighted by atomic mass is 9.93. The number of hydrogen-bond acceptors (Lipinski definition) is 2. The summed E-state index contributed by atoms with van der Waals surface area (Å²) in [7, 11) is 0. The Balaban J connectivity index is 1.57. The molecule has 1 aromatic heterocycles. The minimum Gasteiger partial charge on any atom is -0.312 e. The Hall–Kier alpha value is -2.16. The normalized spacial score (nSPS) is 26.4. The molecule has 1 amide bonds. The molecule has 1 aliphatic carbocycles.